The van der Waals surface area contributed by atoms with E-state index in [1.54, 1.807) is 48.5 Å². The number of para-hydroxylation sites is 1. The van der Waals surface area contributed by atoms with Crippen molar-refractivity contribution in [2.45, 2.75) is 6.42 Å². The molecule has 0 heterocycles. The average molecular weight is 349 g/mol. The Morgan fingerprint density at radius 2 is 1.83 bits per heavy atom. The number of nitrogens with one attached hydrogen (secondary N) is 1. The predicted octanol–water partition coefficient (Wildman–Crippen LogP) is 3.67. The zero-order chi connectivity index (χ0) is 16.8. The minimum atomic E-state index is -0.460. The summed E-state index contributed by atoms with van der Waals surface area (Å²) in [4.78, 5) is 23.1. The lowest BCUT2D eigenvalue weighted by Gasteiger charge is -2.08. The Morgan fingerprint density at radius 3 is 2.52 bits per heavy atom. The molecule has 2 rings (SSSR count). The Balaban J connectivity index is 2.09. The first kappa shape index (κ1) is 17.1. The van der Waals surface area contributed by atoms with Crippen LogP contribution in [0.3, 0.4) is 0 Å². The zero-order valence-electron chi connectivity index (χ0n) is 12.1. The van der Waals surface area contributed by atoms with E-state index in [1.165, 1.54) is 6.08 Å². The number of hydrogen-bond donors (Lipinski definition) is 2. The molecule has 3 N–H and O–H groups in total. The van der Waals surface area contributed by atoms with Gasteiger partial charge in [-0.2, -0.15) is 0 Å². The fourth-order valence-electron chi connectivity index (χ4n) is 1.95. The molecule has 0 atom stereocenters. The van der Waals surface area contributed by atoms with Gasteiger partial charge in [0, 0.05) is 11.8 Å². The molecule has 0 spiro atoms. The summed E-state index contributed by atoms with van der Waals surface area (Å²) in [7, 11) is 0. The highest BCUT2D eigenvalue weighted by Crippen LogP contribution is 2.23. The molecule has 0 bridgehead atoms. The summed E-state index contributed by atoms with van der Waals surface area (Å²) in [6.45, 7) is 0. The van der Waals surface area contributed by atoms with Crippen LogP contribution in [0.2, 0.25) is 10.0 Å². The van der Waals surface area contributed by atoms with Crippen LogP contribution in [-0.2, 0) is 16.0 Å². The maximum atomic E-state index is 12.0. The van der Waals surface area contributed by atoms with E-state index in [4.69, 9.17) is 28.9 Å². The van der Waals surface area contributed by atoms with Gasteiger partial charge in [-0.25, -0.2) is 0 Å². The van der Waals surface area contributed by atoms with Gasteiger partial charge < -0.3 is 11.1 Å². The summed E-state index contributed by atoms with van der Waals surface area (Å²) < 4.78 is 0. The van der Waals surface area contributed by atoms with Gasteiger partial charge in [0.1, 0.15) is 0 Å². The van der Waals surface area contributed by atoms with Crippen LogP contribution in [-0.4, -0.2) is 11.8 Å². The first-order valence-corrected chi connectivity index (χ1v) is 7.51. The van der Waals surface area contributed by atoms with Crippen molar-refractivity contribution in [3.63, 3.8) is 0 Å². The molecule has 6 heteroatoms. The van der Waals surface area contributed by atoms with Crippen molar-refractivity contribution in [1.82, 2.24) is 0 Å². The summed E-state index contributed by atoms with van der Waals surface area (Å²) in [6.07, 6.45) is 3.06. The molecule has 0 aliphatic heterocycles. The average Bonchev–Trinajstić information content (AvgIpc) is 2.50. The number of nitrogens with two attached hydrogens (primary N) is 1. The molecule has 0 saturated heterocycles. The fraction of sp³-hybridized carbons (Fsp3) is 0.0588. The van der Waals surface area contributed by atoms with Gasteiger partial charge in [0.05, 0.1) is 16.5 Å². The second-order valence-electron chi connectivity index (χ2n) is 4.80. The third kappa shape index (κ3) is 5.13. The molecule has 0 aromatic heterocycles. The SMILES string of the molecule is NC(=O)Cc1ccccc1NC(=O)/C=C/c1ccc(Cl)c(Cl)c1. The van der Waals surface area contributed by atoms with E-state index in [-0.39, 0.29) is 12.3 Å². The van der Waals surface area contributed by atoms with Crippen molar-refractivity contribution in [3.8, 4) is 0 Å². The van der Waals surface area contributed by atoms with Crippen LogP contribution in [0.5, 0.6) is 0 Å². The largest absolute Gasteiger partial charge is 0.369 e. The molecule has 0 aliphatic rings. The predicted molar refractivity (Wildman–Crippen MR) is 93.5 cm³/mol. The van der Waals surface area contributed by atoms with Crippen LogP contribution < -0.4 is 11.1 Å². The normalized spacial score (nSPS) is 10.7. The van der Waals surface area contributed by atoms with E-state index in [0.717, 1.165) is 5.56 Å². The number of carbonyl (C=O) groups excluding carboxylic acids is 2. The molecule has 0 radical (unpaired) electrons. The molecular formula is C17H14Cl2N2O2. The second-order valence-corrected chi connectivity index (χ2v) is 5.61. The van der Waals surface area contributed by atoms with Crippen LogP contribution >= 0.6 is 23.2 Å². The quantitative estimate of drug-likeness (QED) is 0.809. The summed E-state index contributed by atoms with van der Waals surface area (Å²) in [5.74, 6) is -0.786. The Labute approximate surface area is 143 Å². The minimum absolute atomic E-state index is 0.0625. The first-order chi connectivity index (χ1) is 11.0. The van der Waals surface area contributed by atoms with Crippen LogP contribution in [0.15, 0.2) is 48.5 Å². The third-order valence-corrected chi connectivity index (χ3v) is 3.75. The molecule has 23 heavy (non-hydrogen) atoms. The fourth-order valence-corrected chi connectivity index (χ4v) is 2.25. The van der Waals surface area contributed by atoms with Gasteiger partial charge in [-0.3, -0.25) is 9.59 Å². The molecule has 2 aromatic rings. The van der Waals surface area contributed by atoms with E-state index in [2.05, 4.69) is 5.32 Å². The summed E-state index contributed by atoms with van der Waals surface area (Å²) >= 11 is 11.8. The number of benzene rings is 2. The second kappa shape index (κ2) is 7.81. The highest BCUT2D eigenvalue weighted by Gasteiger charge is 2.06. The maximum Gasteiger partial charge on any atom is 0.248 e. The lowest BCUT2D eigenvalue weighted by molar-refractivity contribution is -0.117. The number of anilines is 1. The Morgan fingerprint density at radius 1 is 1.09 bits per heavy atom. The van der Waals surface area contributed by atoms with E-state index in [1.807, 2.05) is 0 Å². The van der Waals surface area contributed by atoms with Crippen LogP contribution in [0, 0.1) is 0 Å². The molecular weight excluding hydrogens is 335 g/mol. The zero-order valence-corrected chi connectivity index (χ0v) is 13.6. The van der Waals surface area contributed by atoms with Gasteiger partial charge in [-0.05, 0) is 35.4 Å². The lowest BCUT2D eigenvalue weighted by Crippen LogP contribution is -2.16. The highest BCUT2D eigenvalue weighted by molar-refractivity contribution is 6.42. The van der Waals surface area contributed by atoms with Crippen molar-refractivity contribution < 1.29 is 9.59 Å². The molecule has 0 unspecified atom stereocenters. The molecule has 4 nitrogen and oxygen atoms in total. The van der Waals surface area contributed by atoms with Gasteiger partial charge in [0.15, 0.2) is 0 Å². The summed E-state index contributed by atoms with van der Waals surface area (Å²) in [5.41, 5.74) is 7.16. The molecule has 0 saturated carbocycles. The number of rotatable bonds is 5. The van der Waals surface area contributed by atoms with Gasteiger partial charge >= 0.3 is 0 Å². The molecule has 2 aromatic carbocycles. The number of halogens is 2. The van der Waals surface area contributed by atoms with Gasteiger partial charge in [0.2, 0.25) is 11.8 Å². The molecule has 118 valence electrons. The summed E-state index contributed by atoms with van der Waals surface area (Å²) in [6, 6.07) is 12.1. The van der Waals surface area contributed by atoms with E-state index in [0.29, 0.717) is 21.3 Å². The standard InChI is InChI=1S/C17H14Cl2N2O2/c18-13-7-5-11(9-14(13)19)6-8-17(23)21-15-4-2-1-3-12(15)10-16(20)22/h1-9H,10H2,(H2,20,22)(H,21,23)/b8-6+. The van der Waals surface area contributed by atoms with Crippen LogP contribution in [0.1, 0.15) is 11.1 Å². The smallest absolute Gasteiger partial charge is 0.248 e. The topological polar surface area (TPSA) is 72.2 Å². The number of primary amides is 1. The third-order valence-electron chi connectivity index (χ3n) is 3.01. The van der Waals surface area contributed by atoms with Gasteiger partial charge in [-0.1, -0.05) is 47.5 Å². The number of hydrogen-bond acceptors (Lipinski definition) is 2. The van der Waals surface area contributed by atoms with E-state index >= 15 is 0 Å². The van der Waals surface area contributed by atoms with Crippen LogP contribution in [0.4, 0.5) is 5.69 Å². The van der Waals surface area contributed by atoms with Crippen molar-refractivity contribution in [1.29, 1.82) is 0 Å². The van der Waals surface area contributed by atoms with Gasteiger partial charge in [0.25, 0.3) is 0 Å². The van der Waals surface area contributed by atoms with Crippen molar-refractivity contribution in [2.75, 3.05) is 5.32 Å². The van der Waals surface area contributed by atoms with Crippen LogP contribution in [0.25, 0.3) is 6.08 Å². The lowest BCUT2D eigenvalue weighted by atomic mass is 10.1. The molecule has 2 amide bonds. The Kier molecular flexibility index (Phi) is 5.79. The first-order valence-electron chi connectivity index (χ1n) is 6.76. The summed E-state index contributed by atoms with van der Waals surface area (Å²) in [5, 5.41) is 3.59. The molecule has 0 aliphatic carbocycles. The van der Waals surface area contributed by atoms with Crippen molar-refractivity contribution in [3.05, 3.63) is 69.7 Å². The Hall–Kier alpha value is -2.30. The van der Waals surface area contributed by atoms with E-state index in [9.17, 15) is 9.59 Å². The monoisotopic (exact) mass is 348 g/mol. The van der Waals surface area contributed by atoms with Gasteiger partial charge in [-0.15, -0.1) is 0 Å². The highest BCUT2D eigenvalue weighted by atomic mass is 35.5. The van der Waals surface area contributed by atoms with Crippen molar-refractivity contribution in [2.24, 2.45) is 5.73 Å². The van der Waals surface area contributed by atoms with Crippen molar-refractivity contribution >= 4 is 46.8 Å². The maximum absolute atomic E-state index is 12.0. The minimum Gasteiger partial charge on any atom is -0.369 e. The Bertz CT molecular complexity index is 773. The number of amides is 2. The van der Waals surface area contributed by atoms with E-state index < -0.39 is 5.91 Å². The molecule has 0 fully saturated rings. The number of carbonyl (C=O) groups is 2.